The summed E-state index contributed by atoms with van der Waals surface area (Å²) in [5.41, 5.74) is 0.0368. The van der Waals surface area contributed by atoms with E-state index < -0.39 is 11.7 Å². The molecular formula is C15H16F3NS. The number of hydrogen-bond acceptors (Lipinski definition) is 2. The van der Waals surface area contributed by atoms with Gasteiger partial charge in [0.15, 0.2) is 0 Å². The maximum Gasteiger partial charge on any atom is 0.416 e. The van der Waals surface area contributed by atoms with E-state index >= 15 is 0 Å². The van der Waals surface area contributed by atoms with Crippen LogP contribution in [0.5, 0.6) is 0 Å². The zero-order chi connectivity index (χ0) is 14.8. The van der Waals surface area contributed by atoms with E-state index in [9.17, 15) is 13.2 Å². The van der Waals surface area contributed by atoms with Crippen molar-refractivity contribution in [1.82, 2.24) is 5.32 Å². The summed E-state index contributed by atoms with van der Waals surface area (Å²) in [4.78, 5) is 2.18. The molecule has 5 heteroatoms. The van der Waals surface area contributed by atoms with Crippen LogP contribution in [-0.2, 0) is 6.18 Å². The molecule has 0 fully saturated rings. The minimum absolute atomic E-state index is 0.194. The van der Waals surface area contributed by atoms with Gasteiger partial charge in [0, 0.05) is 9.75 Å². The lowest BCUT2D eigenvalue weighted by atomic mass is 10.0. The van der Waals surface area contributed by atoms with Crippen LogP contribution in [0.4, 0.5) is 13.2 Å². The maximum absolute atomic E-state index is 12.8. The Morgan fingerprint density at radius 3 is 2.50 bits per heavy atom. The van der Waals surface area contributed by atoms with Gasteiger partial charge >= 0.3 is 6.18 Å². The third kappa shape index (κ3) is 3.41. The van der Waals surface area contributed by atoms with Gasteiger partial charge in [-0.2, -0.15) is 13.2 Å². The summed E-state index contributed by atoms with van der Waals surface area (Å²) in [6.07, 6.45) is -4.31. The molecule has 0 aliphatic carbocycles. The first kappa shape index (κ1) is 15.1. The molecule has 20 heavy (non-hydrogen) atoms. The van der Waals surface area contributed by atoms with E-state index in [1.807, 2.05) is 26.0 Å². The number of benzene rings is 1. The zero-order valence-electron chi connectivity index (χ0n) is 11.3. The molecule has 1 atom stereocenters. The van der Waals surface area contributed by atoms with Crippen LogP contribution >= 0.6 is 11.3 Å². The van der Waals surface area contributed by atoms with Gasteiger partial charge in [-0.25, -0.2) is 0 Å². The van der Waals surface area contributed by atoms with Crippen LogP contribution in [-0.4, -0.2) is 6.54 Å². The quantitative estimate of drug-likeness (QED) is 0.857. The largest absolute Gasteiger partial charge is 0.416 e. The summed E-state index contributed by atoms with van der Waals surface area (Å²) in [5, 5.41) is 3.25. The Morgan fingerprint density at radius 1 is 1.20 bits per heavy atom. The minimum Gasteiger partial charge on any atom is -0.306 e. The molecule has 1 unspecified atom stereocenters. The Balaban J connectivity index is 2.39. The van der Waals surface area contributed by atoms with E-state index in [0.717, 1.165) is 15.8 Å². The Bertz CT molecular complexity index is 574. The number of aryl methyl sites for hydroxylation is 1. The molecule has 1 aromatic carbocycles. The van der Waals surface area contributed by atoms with Crippen LogP contribution in [0, 0.1) is 6.92 Å². The molecule has 0 aliphatic rings. The first-order chi connectivity index (χ1) is 9.41. The SMILES string of the molecule is CCNC(c1cccc(C(F)(F)F)c1)c1ccc(C)s1. The van der Waals surface area contributed by atoms with E-state index in [1.54, 1.807) is 17.4 Å². The number of rotatable bonds is 4. The van der Waals surface area contributed by atoms with Crippen molar-refractivity contribution in [2.45, 2.75) is 26.1 Å². The number of alkyl halides is 3. The van der Waals surface area contributed by atoms with E-state index in [0.29, 0.717) is 12.1 Å². The monoisotopic (exact) mass is 299 g/mol. The van der Waals surface area contributed by atoms with Crippen molar-refractivity contribution in [2.24, 2.45) is 0 Å². The maximum atomic E-state index is 12.8. The number of halogens is 3. The summed E-state index contributed by atoms with van der Waals surface area (Å²) in [7, 11) is 0. The molecule has 1 N–H and O–H groups in total. The van der Waals surface area contributed by atoms with Gasteiger partial charge in [-0.15, -0.1) is 11.3 Å². The molecule has 0 bridgehead atoms. The Labute approximate surface area is 120 Å². The molecule has 1 heterocycles. The van der Waals surface area contributed by atoms with Crippen molar-refractivity contribution < 1.29 is 13.2 Å². The summed E-state index contributed by atoms with van der Waals surface area (Å²) < 4.78 is 38.4. The van der Waals surface area contributed by atoms with Crippen molar-refractivity contribution in [3.63, 3.8) is 0 Å². The highest BCUT2D eigenvalue weighted by Gasteiger charge is 2.31. The van der Waals surface area contributed by atoms with Crippen molar-refractivity contribution in [3.05, 3.63) is 57.3 Å². The normalized spacial score (nSPS) is 13.4. The smallest absolute Gasteiger partial charge is 0.306 e. The lowest BCUT2D eigenvalue weighted by Crippen LogP contribution is -2.21. The fraction of sp³-hybridized carbons (Fsp3) is 0.333. The van der Waals surface area contributed by atoms with Gasteiger partial charge in [0.2, 0.25) is 0 Å². The van der Waals surface area contributed by atoms with Crippen molar-refractivity contribution in [1.29, 1.82) is 0 Å². The molecule has 0 aliphatic heterocycles. The van der Waals surface area contributed by atoms with Gasteiger partial charge < -0.3 is 5.32 Å². The second-order valence-corrected chi connectivity index (χ2v) is 5.88. The van der Waals surface area contributed by atoms with E-state index in [-0.39, 0.29) is 6.04 Å². The molecule has 0 spiro atoms. The Hall–Kier alpha value is -1.33. The lowest BCUT2D eigenvalue weighted by molar-refractivity contribution is -0.137. The third-order valence-corrected chi connectivity index (χ3v) is 4.07. The first-order valence-corrected chi connectivity index (χ1v) is 7.20. The van der Waals surface area contributed by atoms with Crippen LogP contribution in [0.2, 0.25) is 0 Å². The van der Waals surface area contributed by atoms with Crippen LogP contribution in [0.3, 0.4) is 0 Å². The van der Waals surface area contributed by atoms with Crippen molar-refractivity contribution >= 4 is 11.3 Å². The van der Waals surface area contributed by atoms with Gasteiger partial charge in [-0.05, 0) is 43.3 Å². The number of thiophene rings is 1. The van der Waals surface area contributed by atoms with Gasteiger partial charge in [-0.1, -0.05) is 19.1 Å². The third-order valence-electron chi connectivity index (χ3n) is 3.00. The highest BCUT2D eigenvalue weighted by molar-refractivity contribution is 7.12. The van der Waals surface area contributed by atoms with Gasteiger partial charge in [0.05, 0.1) is 11.6 Å². The fourth-order valence-corrected chi connectivity index (χ4v) is 3.07. The molecule has 1 nitrogen and oxygen atoms in total. The fourth-order valence-electron chi connectivity index (χ4n) is 2.09. The summed E-state index contributed by atoms with van der Waals surface area (Å²) >= 11 is 1.60. The molecule has 108 valence electrons. The molecule has 0 saturated heterocycles. The van der Waals surface area contributed by atoms with Crippen LogP contribution < -0.4 is 5.32 Å². The molecule has 1 aromatic heterocycles. The number of nitrogens with one attached hydrogen (secondary N) is 1. The molecule has 0 saturated carbocycles. The van der Waals surface area contributed by atoms with Gasteiger partial charge in [0.25, 0.3) is 0 Å². The van der Waals surface area contributed by atoms with E-state index in [2.05, 4.69) is 5.32 Å². The highest BCUT2D eigenvalue weighted by atomic mass is 32.1. The van der Waals surface area contributed by atoms with Gasteiger partial charge in [-0.3, -0.25) is 0 Å². The standard InChI is InChI=1S/C15H16F3NS/c1-3-19-14(13-8-7-10(2)20-13)11-5-4-6-12(9-11)15(16,17)18/h4-9,14,19H,3H2,1-2H3. The van der Waals surface area contributed by atoms with Crippen LogP contribution in [0.1, 0.15) is 33.8 Å². The topological polar surface area (TPSA) is 12.0 Å². The molecule has 2 aromatic rings. The Morgan fingerprint density at radius 2 is 1.95 bits per heavy atom. The zero-order valence-corrected chi connectivity index (χ0v) is 12.1. The second-order valence-electron chi connectivity index (χ2n) is 4.56. The molecule has 2 rings (SSSR count). The first-order valence-electron chi connectivity index (χ1n) is 6.38. The Kier molecular flexibility index (Phi) is 4.50. The minimum atomic E-state index is -4.31. The van der Waals surface area contributed by atoms with E-state index in [4.69, 9.17) is 0 Å². The summed E-state index contributed by atoms with van der Waals surface area (Å²) in [5.74, 6) is 0. The average molecular weight is 299 g/mol. The molecule has 0 amide bonds. The number of hydrogen-bond donors (Lipinski definition) is 1. The molecule has 0 radical (unpaired) electrons. The van der Waals surface area contributed by atoms with Crippen LogP contribution in [0.25, 0.3) is 0 Å². The second kappa shape index (κ2) is 5.97. The predicted molar refractivity (Wildman–Crippen MR) is 76.0 cm³/mol. The lowest BCUT2D eigenvalue weighted by Gasteiger charge is -2.18. The van der Waals surface area contributed by atoms with Crippen molar-refractivity contribution in [2.75, 3.05) is 6.54 Å². The van der Waals surface area contributed by atoms with Crippen molar-refractivity contribution in [3.8, 4) is 0 Å². The predicted octanol–water partition coefficient (Wildman–Crippen LogP) is 4.77. The van der Waals surface area contributed by atoms with E-state index in [1.165, 1.54) is 12.1 Å². The van der Waals surface area contributed by atoms with Gasteiger partial charge in [0.1, 0.15) is 0 Å². The summed E-state index contributed by atoms with van der Waals surface area (Å²) in [6, 6.07) is 9.28. The average Bonchev–Trinajstić information content (AvgIpc) is 2.81. The van der Waals surface area contributed by atoms with Crippen LogP contribution in [0.15, 0.2) is 36.4 Å². The molecular weight excluding hydrogens is 283 g/mol. The highest BCUT2D eigenvalue weighted by Crippen LogP contribution is 2.33. The summed E-state index contributed by atoms with van der Waals surface area (Å²) in [6.45, 7) is 4.63.